The molecule has 0 bridgehead atoms. The molecule has 0 atom stereocenters. The average molecular weight is 258 g/mol. The molecule has 0 unspecified atom stereocenters. The zero-order chi connectivity index (χ0) is 12.7. The van der Waals surface area contributed by atoms with Crippen LogP contribution in [-0.2, 0) is 0 Å². The first kappa shape index (κ1) is 14.0. The molecule has 0 aliphatic heterocycles. The maximum absolute atomic E-state index is 5.64. The second kappa shape index (κ2) is 7.33. The van der Waals surface area contributed by atoms with Crippen LogP contribution < -0.4 is 9.64 Å². The topological polar surface area (TPSA) is 38.2 Å². The predicted octanol–water partition coefficient (Wildman–Crippen LogP) is 2.64. The van der Waals surface area contributed by atoms with Gasteiger partial charge in [0.15, 0.2) is 0 Å². The molecule has 4 nitrogen and oxygen atoms in total. The summed E-state index contributed by atoms with van der Waals surface area (Å²) >= 11 is 5.64. The summed E-state index contributed by atoms with van der Waals surface area (Å²) in [7, 11) is 3.61. The summed E-state index contributed by atoms with van der Waals surface area (Å²) in [6.07, 6.45) is 3.30. The quantitative estimate of drug-likeness (QED) is 0.556. The first-order valence-corrected chi connectivity index (χ1v) is 6.37. The zero-order valence-electron chi connectivity index (χ0n) is 10.7. The van der Waals surface area contributed by atoms with Gasteiger partial charge in [-0.25, -0.2) is 4.98 Å². The fourth-order valence-corrected chi connectivity index (χ4v) is 1.71. The van der Waals surface area contributed by atoms with Crippen LogP contribution in [0, 0.1) is 6.92 Å². The number of unbranched alkanes of at least 4 members (excludes halogenated alkanes) is 2. The highest BCUT2D eigenvalue weighted by Gasteiger charge is 2.07. The third-order valence-corrected chi connectivity index (χ3v) is 2.76. The molecule has 96 valence electrons. The highest BCUT2D eigenvalue weighted by atomic mass is 35.5. The van der Waals surface area contributed by atoms with Crippen molar-refractivity contribution >= 4 is 17.5 Å². The van der Waals surface area contributed by atoms with E-state index in [9.17, 15) is 0 Å². The number of rotatable bonds is 7. The molecule has 5 heteroatoms. The summed E-state index contributed by atoms with van der Waals surface area (Å²) in [5.74, 6) is 2.06. The molecule has 0 saturated carbocycles. The fraction of sp³-hybridized carbons (Fsp3) is 0.667. The van der Waals surface area contributed by atoms with Crippen LogP contribution in [0.25, 0.3) is 0 Å². The number of methoxy groups -OCH3 is 1. The van der Waals surface area contributed by atoms with E-state index >= 15 is 0 Å². The van der Waals surface area contributed by atoms with E-state index in [0.29, 0.717) is 11.8 Å². The number of nitrogens with zero attached hydrogens (tertiary/aromatic N) is 3. The molecule has 0 N–H and O–H groups in total. The van der Waals surface area contributed by atoms with E-state index in [-0.39, 0.29) is 0 Å². The lowest BCUT2D eigenvalue weighted by Gasteiger charge is -2.17. The van der Waals surface area contributed by atoms with Crippen molar-refractivity contribution in [2.24, 2.45) is 0 Å². The van der Waals surface area contributed by atoms with Gasteiger partial charge >= 0.3 is 0 Å². The monoisotopic (exact) mass is 257 g/mol. The van der Waals surface area contributed by atoms with Crippen molar-refractivity contribution < 1.29 is 4.74 Å². The molecule has 0 aromatic carbocycles. The summed E-state index contributed by atoms with van der Waals surface area (Å²) in [5.41, 5.74) is 0.916. The number of ether oxygens (including phenoxy) is 1. The molecule has 0 amide bonds. The van der Waals surface area contributed by atoms with E-state index < -0.39 is 0 Å². The first-order valence-electron chi connectivity index (χ1n) is 5.84. The van der Waals surface area contributed by atoms with Crippen LogP contribution in [0.1, 0.15) is 25.0 Å². The molecule has 0 radical (unpaired) electrons. The van der Waals surface area contributed by atoms with Crippen molar-refractivity contribution in [1.29, 1.82) is 0 Å². The van der Waals surface area contributed by atoms with Gasteiger partial charge in [0.05, 0.1) is 7.11 Å². The third kappa shape index (κ3) is 4.77. The molecule has 0 aliphatic rings. The van der Waals surface area contributed by atoms with Gasteiger partial charge in [0.25, 0.3) is 0 Å². The minimum absolute atomic E-state index is 0.611. The van der Waals surface area contributed by atoms with Gasteiger partial charge in [-0.15, -0.1) is 11.6 Å². The van der Waals surface area contributed by atoms with Crippen LogP contribution in [0.2, 0.25) is 0 Å². The number of hydrogen-bond acceptors (Lipinski definition) is 4. The number of halogens is 1. The van der Waals surface area contributed by atoms with Gasteiger partial charge in [-0.3, -0.25) is 0 Å². The normalized spacial score (nSPS) is 10.4. The molecule has 0 spiro atoms. The Hall–Kier alpha value is -1.03. The van der Waals surface area contributed by atoms with E-state index in [4.69, 9.17) is 16.3 Å². The zero-order valence-corrected chi connectivity index (χ0v) is 11.5. The van der Waals surface area contributed by atoms with Crippen molar-refractivity contribution in [1.82, 2.24) is 9.97 Å². The Bertz CT molecular complexity index is 347. The lowest BCUT2D eigenvalue weighted by atomic mass is 10.2. The van der Waals surface area contributed by atoms with Crippen LogP contribution in [-0.4, -0.2) is 36.6 Å². The number of anilines is 1. The number of aromatic nitrogens is 2. The van der Waals surface area contributed by atoms with E-state index in [1.165, 1.54) is 0 Å². The Morgan fingerprint density at radius 1 is 1.29 bits per heavy atom. The fourth-order valence-electron chi connectivity index (χ4n) is 1.52. The lowest BCUT2D eigenvalue weighted by Crippen LogP contribution is -2.21. The van der Waals surface area contributed by atoms with Crippen molar-refractivity contribution in [3.63, 3.8) is 0 Å². The highest BCUT2D eigenvalue weighted by molar-refractivity contribution is 6.17. The Morgan fingerprint density at radius 2 is 2.06 bits per heavy atom. The van der Waals surface area contributed by atoms with Crippen molar-refractivity contribution in [3.8, 4) is 5.88 Å². The van der Waals surface area contributed by atoms with Crippen LogP contribution in [0.5, 0.6) is 5.88 Å². The van der Waals surface area contributed by atoms with Crippen LogP contribution in [0.3, 0.4) is 0 Å². The van der Waals surface area contributed by atoms with Gasteiger partial charge < -0.3 is 9.64 Å². The van der Waals surface area contributed by atoms with Crippen molar-refractivity contribution in [2.75, 3.05) is 31.5 Å². The van der Waals surface area contributed by atoms with E-state index in [1.807, 2.05) is 24.9 Å². The third-order valence-electron chi connectivity index (χ3n) is 2.50. The molecular weight excluding hydrogens is 238 g/mol. The van der Waals surface area contributed by atoms with E-state index in [1.54, 1.807) is 7.11 Å². The van der Waals surface area contributed by atoms with Crippen LogP contribution in [0.15, 0.2) is 6.07 Å². The second-order valence-corrected chi connectivity index (χ2v) is 4.40. The average Bonchev–Trinajstić information content (AvgIpc) is 2.33. The molecule has 1 aromatic rings. The molecule has 1 aromatic heterocycles. The summed E-state index contributed by atoms with van der Waals surface area (Å²) in [6.45, 7) is 2.87. The largest absolute Gasteiger partial charge is 0.481 e. The van der Waals surface area contributed by atoms with Crippen LogP contribution in [0.4, 0.5) is 5.95 Å². The standard InChI is InChI=1S/C12H20ClN3O/c1-10-9-11(17-3)15-12(14-10)16(2)8-6-4-5-7-13/h9H,4-8H2,1-3H3. The Kier molecular flexibility index (Phi) is 6.05. The molecule has 0 aliphatic carbocycles. The molecule has 0 fully saturated rings. The lowest BCUT2D eigenvalue weighted by molar-refractivity contribution is 0.396. The summed E-state index contributed by atoms with van der Waals surface area (Å²) in [4.78, 5) is 10.8. The Morgan fingerprint density at radius 3 is 2.71 bits per heavy atom. The van der Waals surface area contributed by atoms with Gasteiger partial charge in [0.2, 0.25) is 11.8 Å². The minimum Gasteiger partial charge on any atom is -0.481 e. The summed E-state index contributed by atoms with van der Waals surface area (Å²) < 4.78 is 5.13. The molecule has 1 heterocycles. The highest BCUT2D eigenvalue weighted by Crippen LogP contribution is 2.14. The molecule has 17 heavy (non-hydrogen) atoms. The maximum atomic E-state index is 5.64. The molecule has 1 rings (SSSR count). The smallest absolute Gasteiger partial charge is 0.228 e. The summed E-state index contributed by atoms with van der Waals surface area (Å²) in [6, 6.07) is 1.82. The van der Waals surface area contributed by atoms with E-state index in [2.05, 4.69) is 9.97 Å². The maximum Gasteiger partial charge on any atom is 0.228 e. The van der Waals surface area contributed by atoms with Gasteiger partial charge in [-0.2, -0.15) is 4.98 Å². The predicted molar refractivity (Wildman–Crippen MR) is 71.2 cm³/mol. The number of alkyl halides is 1. The van der Waals surface area contributed by atoms with Gasteiger partial charge in [-0.05, 0) is 19.8 Å². The first-order chi connectivity index (χ1) is 8.17. The van der Waals surface area contributed by atoms with Crippen molar-refractivity contribution in [3.05, 3.63) is 11.8 Å². The molecule has 0 saturated heterocycles. The number of aryl methyl sites for hydroxylation is 1. The Labute approximate surface area is 108 Å². The number of hydrogen-bond donors (Lipinski definition) is 0. The van der Waals surface area contributed by atoms with Crippen LogP contribution >= 0.6 is 11.6 Å². The van der Waals surface area contributed by atoms with Gasteiger partial charge in [0, 0.05) is 31.2 Å². The van der Waals surface area contributed by atoms with Gasteiger partial charge in [-0.1, -0.05) is 6.42 Å². The minimum atomic E-state index is 0.611. The SMILES string of the molecule is COc1cc(C)nc(N(C)CCCCCCl)n1. The van der Waals surface area contributed by atoms with Crippen molar-refractivity contribution in [2.45, 2.75) is 26.2 Å². The second-order valence-electron chi connectivity index (χ2n) is 4.02. The summed E-state index contributed by atoms with van der Waals surface area (Å²) in [5, 5.41) is 0. The molecular formula is C12H20ClN3O. The van der Waals surface area contributed by atoms with E-state index in [0.717, 1.165) is 37.4 Å². The van der Waals surface area contributed by atoms with Gasteiger partial charge in [0.1, 0.15) is 0 Å². The Balaban J connectivity index is 2.55.